The Morgan fingerprint density at radius 1 is 1.38 bits per heavy atom. The number of urea groups is 1. The Bertz CT molecular complexity index is 192. The van der Waals surface area contributed by atoms with Crippen molar-refractivity contribution >= 4 is 12.0 Å². The zero-order valence-corrected chi connectivity index (χ0v) is 8.13. The van der Waals surface area contributed by atoms with Crippen LogP contribution in [0.3, 0.4) is 0 Å². The van der Waals surface area contributed by atoms with Gasteiger partial charge in [-0.15, -0.1) is 0 Å². The van der Waals surface area contributed by atoms with E-state index in [1.54, 1.807) is 0 Å². The number of amides is 2. The van der Waals surface area contributed by atoms with E-state index >= 15 is 0 Å². The van der Waals surface area contributed by atoms with Crippen LogP contribution in [0, 0.1) is 5.92 Å². The number of hydrogen-bond donors (Lipinski definition) is 3. The SMILES string of the molecule is CNC(=O)N[C@@H](CC(C)C)C(=O)O. The Hall–Kier alpha value is -1.26. The normalized spacial score (nSPS) is 12.3. The van der Waals surface area contributed by atoms with Gasteiger partial charge in [-0.25, -0.2) is 9.59 Å². The molecule has 0 aliphatic rings. The molecule has 5 nitrogen and oxygen atoms in total. The third-order valence-corrected chi connectivity index (χ3v) is 1.54. The number of carboxylic acid groups (broad SMARTS) is 1. The van der Waals surface area contributed by atoms with Crippen LogP contribution in [0.25, 0.3) is 0 Å². The smallest absolute Gasteiger partial charge is 0.326 e. The first-order valence-electron chi connectivity index (χ1n) is 4.18. The zero-order chi connectivity index (χ0) is 10.4. The van der Waals surface area contributed by atoms with Crippen LogP contribution in [0.5, 0.6) is 0 Å². The molecule has 3 N–H and O–H groups in total. The Balaban J connectivity index is 4.10. The van der Waals surface area contributed by atoms with Crippen molar-refractivity contribution in [3.05, 3.63) is 0 Å². The zero-order valence-electron chi connectivity index (χ0n) is 8.13. The van der Waals surface area contributed by atoms with Gasteiger partial charge in [0.15, 0.2) is 0 Å². The van der Waals surface area contributed by atoms with Gasteiger partial charge in [-0.3, -0.25) is 0 Å². The molecule has 0 radical (unpaired) electrons. The topological polar surface area (TPSA) is 78.4 Å². The second kappa shape index (κ2) is 5.40. The van der Waals surface area contributed by atoms with Gasteiger partial charge in [0.2, 0.25) is 0 Å². The lowest BCUT2D eigenvalue weighted by Gasteiger charge is -2.15. The molecule has 5 heteroatoms. The van der Waals surface area contributed by atoms with E-state index in [2.05, 4.69) is 10.6 Å². The van der Waals surface area contributed by atoms with Gasteiger partial charge in [-0.2, -0.15) is 0 Å². The molecule has 0 saturated heterocycles. The Labute approximate surface area is 77.5 Å². The number of aliphatic carboxylic acids is 1. The quantitative estimate of drug-likeness (QED) is 0.598. The minimum atomic E-state index is -1.00. The number of nitrogens with one attached hydrogen (secondary N) is 2. The molecule has 0 fully saturated rings. The molecule has 0 heterocycles. The first-order valence-corrected chi connectivity index (χ1v) is 4.18. The monoisotopic (exact) mass is 188 g/mol. The molecule has 0 unspecified atom stereocenters. The van der Waals surface area contributed by atoms with Crippen molar-refractivity contribution in [1.82, 2.24) is 10.6 Å². The lowest BCUT2D eigenvalue weighted by molar-refractivity contribution is -0.139. The Morgan fingerprint density at radius 2 is 1.92 bits per heavy atom. The average molecular weight is 188 g/mol. The van der Waals surface area contributed by atoms with E-state index in [1.807, 2.05) is 13.8 Å². The number of carbonyl (C=O) groups is 2. The van der Waals surface area contributed by atoms with Crippen molar-refractivity contribution in [2.24, 2.45) is 5.92 Å². The fourth-order valence-corrected chi connectivity index (χ4v) is 0.923. The number of carbonyl (C=O) groups excluding carboxylic acids is 1. The van der Waals surface area contributed by atoms with Gasteiger partial charge in [0, 0.05) is 7.05 Å². The van der Waals surface area contributed by atoms with Crippen LogP contribution in [0.2, 0.25) is 0 Å². The third kappa shape index (κ3) is 5.05. The molecule has 0 aromatic rings. The van der Waals surface area contributed by atoms with Gasteiger partial charge in [-0.1, -0.05) is 13.8 Å². The molecule has 0 rings (SSSR count). The van der Waals surface area contributed by atoms with Gasteiger partial charge in [0.25, 0.3) is 0 Å². The molecule has 0 aromatic carbocycles. The largest absolute Gasteiger partial charge is 0.480 e. The molecular formula is C8H16N2O3. The molecule has 0 saturated carbocycles. The lowest BCUT2D eigenvalue weighted by Crippen LogP contribution is -2.45. The van der Waals surface area contributed by atoms with Gasteiger partial charge in [0.05, 0.1) is 0 Å². The first-order chi connectivity index (χ1) is 5.97. The highest BCUT2D eigenvalue weighted by Crippen LogP contribution is 2.04. The second-order valence-corrected chi connectivity index (χ2v) is 3.24. The van der Waals surface area contributed by atoms with Gasteiger partial charge >= 0.3 is 12.0 Å². The maximum absolute atomic E-state index is 10.8. The molecule has 0 aliphatic carbocycles. The molecule has 0 aliphatic heterocycles. The molecule has 2 amide bonds. The van der Waals surface area contributed by atoms with Crippen LogP contribution >= 0.6 is 0 Å². The van der Waals surface area contributed by atoms with Gasteiger partial charge < -0.3 is 15.7 Å². The van der Waals surface area contributed by atoms with E-state index in [0.29, 0.717) is 6.42 Å². The van der Waals surface area contributed by atoms with Gasteiger partial charge in [0.1, 0.15) is 6.04 Å². The van der Waals surface area contributed by atoms with E-state index in [4.69, 9.17) is 5.11 Å². The van der Waals surface area contributed by atoms with Crippen LogP contribution in [-0.4, -0.2) is 30.2 Å². The first kappa shape index (κ1) is 11.7. The maximum Gasteiger partial charge on any atom is 0.326 e. The summed E-state index contributed by atoms with van der Waals surface area (Å²) in [5.74, 6) is -0.768. The molecule has 1 atom stereocenters. The minimum absolute atomic E-state index is 0.234. The van der Waals surface area contributed by atoms with Crippen molar-refractivity contribution in [2.75, 3.05) is 7.05 Å². The van der Waals surface area contributed by atoms with Crippen LogP contribution in [0.1, 0.15) is 20.3 Å². The van der Waals surface area contributed by atoms with E-state index in [0.717, 1.165) is 0 Å². The van der Waals surface area contributed by atoms with Gasteiger partial charge in [-0.05, 0) is 12.3 Å². The third-order valence-electron chi connectivity index (χ3n) is 1.54. The molecule has 0 spiro atoms. The Morgan fingerprint density at radius 3 is 2.23 bits per heavy atom. The summed E-state index contributed by atoms with van der Waals surface area (Å²) >= 11 is 0. The number of carboxylic acids is 1. The highest BCUT2D eigenvalue weighted by molar-refractivity contribution is 5.82. The summed E-state index contributed by atoms with van der Waals surface area (Å²) in [6.45, 7) is 3.81. The molecule has 0 aromatic heterocycles. The fourth-order valence-electron chi connectivity index (χ4n) is 0.923. The summed E-state index contributed by atoms with van der Waals surface area (Å²) in [4.78, 5) is 21.5. The summed E-state index contributed by atoms with van der Waals surface area (Å²) in [5.41, 5.74) is 0. The molecule has 76 valence electrons. The van der Waals surface area contributed by atoms with E-state index < -0.39 is 18.0 Å². The number of rotatable bonds is 4. The van der Waals surface area contributed by atoms with Crippen LogP contribution in [-0.2, 0) is 4.79 Å². The van der Waals surface area contributed by atoms with Crippen molar-refractivity contribution in [1.29, 1.82) is 0 Å². The van der Waals surface area contributed by atoms with Crippen molar-refractivity contribution in [3.8, 4) is 0 Å². The van der Waals surface area contributed by atoms with Crippen LogP contribution in [0.15, 0.2) is 0 Å². The van der Waals surface area contributed by atoms with Crippen LogP contribution < -0.4 is 10.6 Å². The standard InChI is InChI=1S/C8H16N2O3/c1-5(2)4-6(7(11)12)10-8(13)9-3/h5-6H,4H2,1-3H3,(H,11,12)(H2,9,10,13)/t6-/m0/s1. The summed E-state index contributed by atoms with van der Waals surface area (Å²) in [7, 11) is 1.45. The van der Waals surface area contributed by atoms with Crippen molar-refractivity contribution in [3.63, 3.8) is 0 Å². The summed E-state index contributed by atoms with van der Waals surface area (Å²) < 4.78 is 0. The maximum atomic E-state index is 10.8. The van der Waals surface area contributed by atoms with E-state index in [1.165, 1.54) is 7.05 Å². The molecular weight excluding hydrogens is 172 g/mol. The number of hydrogen-bond acceptors (Lipinski definition) is 2. The Kier molecular flexibility index (Phi) is 4.87. The predicted molar refractivity (Wildman–Crippen MR) is 48.5 cm³/mol. The fraction of sp³-hybridized carbons (Fsp3) is 0.750. The summed E-state index contributed by atoms with van der Waals surface area (Å²) in [6.07, 6.45) is 0.433. The van der Waals surface area contributed by atoms with Crippen molar-refractivity contribution < 1.29 is 14.7 Å². The average Bonchev–Trinajstić information content (AvgIpc) is 2.02. The van der Waals surface area contributed by atoms with Crippen molar-refractivity contribution in [2.45, 2.75) is 26.3 Å². The lowest BCUT2D eigenvalue weighted by atomic mass is 10.0. The highest BCUT2D eigenvalue weighted by atomic mass is 16.4. The molecule has 0 bridgehead atoms. The van der Waals surface area contributed by atoms with E-state index in [-0.39, 0.29) is 5.92 Å². The second-order valence-electron chi connectivity index (χ2n) is 3.24. The van der Waals surface area contributed by atoms with E-state index in [9.17, 15) is 9.59 Å². The summed E-state index contributed by atoms with van der Waals surface area (Å²) in [6, 6.07) is -1.27. The highest BCUT2D eigenvalue weighted by Gasteiger charge is 2.20. The molecule has 13 heavy (non-hydrogen) atoms. The summed E-state index contributed by atoms with van der Waals surface area (Å²) in [5, 5.41) is 13.4. The minimum Gasteiger partial charge on any atom is -0.480 e. The predicted octanol–water partition coefficient (Wildman–Crippen LogP) is 0.415. The van der Waals surface area contributed by atoms with Crippen LogP contribution in [0.4, 0.5) is 4.79 Å².